The summed E-state index contributed by atoms with van der Waals surface area (Å²) in [4.78, 5) is 13.9. The molecule has 116 valence electrons. The van der Waals surface area contributed by atoms with Gasteiger partial charge in [0.2, 0.25) is 0 Å². The number of nitrogens with one attached hydrogen (secondary N) is 1. The Morgan fingerprint density at radius 1 is 1.33 bits per heavy atom. The van der Waals surface area contributed by atoms with Crippen LogP contribution in [0.15, 0.2) is 24.3 Å². The van der Waals surface area contributed by atoms with Crippen LogP contribution in [0.1, 0.15) is 23.2 Å². The Bertz CT molecular complexity index is 497. The molecule has 1 saturated heterocycles. The van der Waals surface area contributed by atoms with E-state index >= 15 is 0 Å². The summed E-state index contributed by atoms with van der Waals surface area (Å²) >= 11 is 0. The van der Waals surface area contributed by atoms with E-state index < -0.39 is 6.36 Å². The van der Waals surface area contributed by atoms with E-state index in [2.05, 4.69) is 10.1 Å². The molecule has 2 rings (SSSR count). The zero-order valence-electron chi connectivity index (χ0n) is 11.6. The van der Waals surface area contributed by atoms with E-state index in [-0.39, 0.29) is 17.2 Å². The second-order valence-corrected chi connectivity index (χ2v) is 4.93. The fourth-order valence-corrected chi connectivity index (χ4v) is 2.38. The fraction of sp³-hybridized carbons (Fsp3) is 0.500. The lowest BCUT2D eigenvalue weighted by Gasteiger charge is -2.31. The minimum Gasteiger partial charge on any atom is -0.406 e. The van der Waals surface area contributed by atoms with Crippen molar-refractivity contribution < 1.29 is 22.7 Å². The smallest absolute Gasteiger partial charge is 0.406 e. The number of carbonyl (C=O) groups is 1. The highest BCUT2D eigenvalue weighted by Gasteiger charge is 2.31. The normalized spacial score (nSPS) is 16.9. The van der Waals surface area contributed by atoms with Gasteiger partial charge in [0.15, 0.2) is 0 Å². The second-order valence-electron chi connectivity index (χ2n) is 4.93. The molecule has 0 radical (unpaired) electrons. The predicted molar refractivity (Wildman–Crippen MR) is 71.1 cm³/mol. The summed E-state index contributed by atoms with van der Waals surface area (Å²) < 4.78 is 40.4. The Hall–Kier alpha value is -1.76. The number of ether oxygens (including phenoxy) is 1. The van der Waals surface area contributed by atoms with E-state index in [1.807, 2.05) is 7.05 Å². The molecule has 1 aromatic rings. The van der Waals surface area contributed by atoms with Crippen LogP contribution in [0.3, 0.4) is 0 Å². The topological polar surface area (TPSA) is 41.6 Å². The van der Waals surface area contributed by atoms with Crippen LogP contribution >= 0.6 is 0 Å². The predicted octanol–water partition coefficient (Wildman–Crippen LogP) is 2.41. The standard InChI is InChI=1S/C14H17F3N2O2/c1-18-11-5-7-19(8-6-11)13(20)10-3-2-4-12(9-10)21-14(15,16)17/h2-4,9,11,18H,5-8H2,1H3. The van der Waals surface area contributed by atoms with Crippen LogP contribution in [0, 0.1) is 0 Å². The third kappa shape index (κ3) is 4.35. The van der Waals surface area contributed by atoms with Crippen molar-refractivity contribution in [3.8, 4) is 5.75 Å². The van der Waals surface area contributed by atoms with Crippen molar-refractivity contribution in [1.82, 2.24) is 10.2 Å². The number of piperidine rings is 1. The van der Waals surface area contributed by atoms with E-state index in [4.69, 9.17) is 0 Å². The molecule has 0 aromatic heterocycles. The number of benzene rings is 1. The maximum absolute atomic E-state index is 12.3. The molecule has 0 saturated carbocycles. The van der Waals surface area contributed by atoms with Crippen molar-refractivity contribution in [3.63, 3.8) is 0 Å². The number of likely N-dealkylation sites (tertiary alicyclic amines) is 1. The maximum atomic E-state index is 12.3. The van der Waals surface area contributed by atoms with Gasteiger partial charge in [-0.3, -0.25) is 4.79 Å². The molecule has 1 N–H and O–H groups in total. The molecule has 0 atom stereocenters. The Labute approximate surface area is 120 Å². The molecular formula is C14H17F3N2O2. The first kappa shape index (κ1) is 15.6. The summed E-state index contributed by atoms with van der Waals surface area (Å²) in [6.45, 7) is 1.18. The van der Waals surface area contributed by atoms with Gasteiger partial charge >= 0.3 is 6.36 Å². The average Bonchev–Trinajstić information content (AvgIpc) is 2.45. The van der Waals surface area contributed by atoms with Gasteiger partial charge in [-0.05, 0) is 38.1 Å². The first-order valence-electron chi connectivity index (χ1n) is 6.71. The molecule has 7 heteroatoms. The quantitative estimate of drug-likeness (QED) is 0.932. The zero-order chi connectivity index (χ0) is 15.5. The van der Waals surface area contributed by atoms with E-state index in [0.717, 1.165) is 18.9 Å². The fourth-order valence-electron chi connectivity index (χ4n) is 2.38. The van der Waals surface area contributed by atoms with E-state index in [1.165, 1.54) is 18.2 Å². The summed E-state index contributed by atoms with van der Waals surface area (Å²) in [5, 5.41) is 3.16. The van der Waals surface area contributed by atoms with Crippen LogP contribution in [-0.2, 0) is 0 Å². The minimum atomic E-state index is -4.76. The van der Waals surface area contributed by atoms with Gasteiger partial charge in [0.05, 0.1) is 0 Å². The SMILES string of the molecule is CNC1CCN(C(=O)c2cccc(OC(F)(F)F)c2)CC1. The van der Waals surface area contributed by atoms with Crippen LogP contribution in [0.2, 0.25) is 0 Å². The Morgan fingerprint density at radius 2 is 2.00 bits per heavy atom. The number of alkyl halides is 3. The van der Waals surface area contributed by atoms with Crippen molar-refractivity contribution in [2.24, 2.45) is 0 Å². The second kappa shape index (κ2) is 6.34. The summed E-state index contributed by atoms with van der Waals surface area (Å²) in [6.07, 6.45) is -3.09. The number of nitrogens with zero attached hydrogens (tertiary/aromatic N) is 1. The molecule has 1 heterocycles. The number of rotatable bonds is 3. The summed E-state index contributed by atoms with van der Waals surface area (Å²) in [7, 11) is 1.88. The number of halogens is 3. The Balaban J connectivity index is 2.04. The van der Waals surface area contributed by atoms with E-state index in [9.17, 15) is 18.0 Å². The molecule has 0 aliphatic carbocycles. The lowest BCUT2D eigenvalue weighted by molar-refractivity contribution is -0.274. The highest BCUT2D eigenvalue weighted by Crippen LogP contribution is 2.24. The van der Waals surface area contributed by atoms with Crippen molar-refractivity contribution in [1.29, 1.82) is 0 Å². The highest BCUT2D eigenvalue weighted by atomic mass is 19.4. The van der Waals surface area contributed by atoms with Crippen molar-refractivity contribution in [2.45, 2.75) is 25.2 Å². The van der Waals surface area contributed by atoms with Crippen molar-refractivity contribution >= 4 is 5.91 Å². The summed E-state index contributed by atoms with van der Waals surface area (Å²) in [5.41, 5.74) is 0.208. The van der Waals surface area contributed by atoms with Crippen LogP contribution < -0.4 is 10.1 Å². The van der Waals surface area contributed by atoms with Gasteiger partial charge in [0, 0.05) is 24.7 Å². The van der Waals surface area contributed by atoms with Gasteiger partial charge in [-0.25, -0.2) is 0 Å². The van der Waals surface area contributed by atoms with Gasteiger partial charge < -0.3 is 15.0 Å². The van der Waals surface area contributed by atoms with E-state index in [0.29, 0.717) is 19.1 Å². The lowest BCUT2D eigenvalue weighted by atomic mass is 10.0. The number of carbonyl (C=O) groups excluding carboxylic acids is 1. The third-order valence-electron chi connectivity index (χ3n) is 3.50. The monoisotopic (exact) mass is 302 g/mol. The van der Waals surface area contributed by atoms with Crippen LogP contribution in [0.5, 0.6) is 5.75 Å². The first-order chi connectivity index (χ1) is 9.89. The minimum absolute atomic E-state index is 0.208. The van der Waals surface area contributed by atoms with Gasteiger partial charge in [-0.2, -0.15) is 0 Å². The van der Waals surface area contributed by atoms with Gasteiger partial charge in [-0.15, -0.1) is 13.2 Å². The average molecular weight is 302 g/mol. The highest BCUT2D eigenvalue weighted by molar-refractivity contribution is 5.94. The van der Waals surface area contributed by atoms with Gasteiger partial charge in [-0.1, -0.05) is 6.07 Å². The van der Waals surface area contributed by atoms with Crippen molar-refractivity contribution in [3.05, 3.63) is 29.8 Å². The zero-order valence-corrected chi connectivity index (χ0v) is 11.6. The molecule has 1 aromatic carbocycles. The Kier molecular flexibility index (Phi) is 4.72. The maximum Gasteiger partial charge on any atom is 0.573 e. The van der Waals surface area contributed by atoms with Gasteiger partial charge in [0.1, 0.15) is 5.75 Å². The molecular weight excluding hydrogens is 285 g/mol. The molecule has 4 nitrogen and oxygen atoms in total. The molecule has 0 bridgehead atoms. The molecule has 1 aliphatic heterocycles. The van der Waals surface area contributed by atoms with Crippen LogP contribution in [0.25, 0.3) is 0 Å². The third-order valence-corrected chi connectivity index (χ3v) is 3.50. The molecule has 1 fully saturated rings. The lowest BCUT2D eigenvalue weighted by Crippen LogP contribution is -2.43. The summed E-state index contributed by atoms with van der Waals surface area (Å²) in [6, 6.07) is 5.57. The summed E-state index contributed by atoms with van der Waals surface area (Å²) in [5.74, 6) is -0.643. The van der Waals surface area contributed by atoms with Crippen molar-refractivity contribution in [2.75, 3.05) is 20.1 Å². The van der Waals surface area contributed by atoms with Gasteiger partial charge in [0.25, 0.3) is 5.91 Å². The molecule has 21 heavy (non-hydrogen) atoms. The van der Waals surface area contributed by atoms with Crippen LogP contribution in [-0.4, -0.2) is 43.3 Å². The first-order valence-corrected chi connectivity index (χ1v) is 6.71. The molecule has 0 spiro atoms. The molecule has 1 amide bonds. The molecule has 1 aliphatic rings. The van der Waals surface area contributed by atoms with E-state index in [1.54, 1.807) is 4.90 Å². The number of amides is 1. The largest absolute Gasteiger partial charge is 0.573 e. The van der Waals surface area contributed by atoms with Crippen LogP contribution in [0.4, 0.5) is 13.2 Å². The molecule has 0 unspecified atom stereocenters. The number of hydrogen-bond acceptors (Lipinski definition) is 3. The number of hydrogen-bond donors (Lipinski definition) is 1. The Morgan fingerprint density at radius 3 is 2.57 bits per heavy atom.